The molecule has 3 heterocycles. The molecule has 1 amide bonds. The fourth-order valence-electron chi connectivity index (χ4n) is 3.99. The van der Waals surface area contributed by atoms with Crippen LogP contribution in [0.15, 0.2) is 24.5 Å². The van der Waals surface area contributed by atoms with E-state index < -0.39 is 16.1 Å². The third-order valence-electron chi connectivity index (χ3n) is 5.39. The van der Waals surface area contributed by atoms with Crippen molar-refractivity contribution < 1.29 is 22.7 Å². The van der Waals surface area contributed by atoms with Gasteiger partial charge in [-0.1, -0.05) is 6.92 Å². The minimum Gasteiger partial charge on any atom is -0.382 e. The normalized spacial score (nSPS) is 24.4. The molecule has 0 spiro atoms. The van der Waals surface area contributed by atoms with Gasteiger partial charge in [0, 0.05) is 38.6 Å². The zero-order valence-electron chi connectivity index (χ0n) is 16.5. The first-order valence-electron chi connectivity index (χ1n) is 9.80. The molecule has 2 aliphatic rings. The van der Waals surface area contributed by atoms with Crippen LogP contribution in [0.2, 0.25) is 0 Å². The Labute approximate surface area is 166 Å². The molecule has 0 radical (unpaired) electrons. The van der Waals surface area contributed by atoms with Crippen molar-refractivity contribution >= 4 is 15.9 Å². The van der Waals surface area contributed by atoms with Crippen LogP contribution in [0, 0.1) is 0 Å². The molecule has 156 valence electrons. The second-order valence-electron chi connectivity index (χ2n) is 7.20. The zero-order valence-corrected chi connectivity index (χ0v) is 17.3. The molecule has 0 bridgehead atoms. The summed E-state index contributed by atoms with van der Waals surface area (Å²) < 4.78 is 37.0. The van der Waals surface area contributed by atoms with Crippen LogP contribution in [-0.2, 0) is 24.3 Å². The summed E-state index contributed by atoms with van der Waals surface area (Å²) in [4.78, 5) is 18.8. The van der Waals surface area contributed by atoms with Crippen molar-refractivity contribution in [3.8, 4) is 0 Å². The lowest BCUT2D eigenvalue weighted by Crippen LogP contribution is -2.65. The summed E-state index contributed by atoms with van der Waals surface area (Å²) >= 11 is 0. The van der Waals surface area contributed by atoms with Crippen LogP contribution in [0.1, 0.15) is 37.8 Å². The number of carbonyl (C=O) groups is 1. The first kappa shape index (κ1) is 21.2. The number of piperidine rings is 1. The molecule has 3 rings (SSSR count). The average Bonchev–Trinajstić information content (AvgIpc) is 2.70. The molecule has 0 N–H and O–H groups in total. The molecule has 0 saturated carbocycles. The molecule has 8 nitrogen and oxygen atoms in total. The Morgan fingerprint density at radius 1 is 1.18 bits per heavy atom. The van der Waals surface area contributed by atoms with Gasteiger partial charge in [-0.15, -0.1) is 0 Å². The molecular formula is C19H29N3O5S. The second kappa shape index (κ2) is 9.30. The maximum atomic E-state index is 12.8. The lowest BCUT2D eigenvalue weighted by molar-refractivity contribution is -0.183. The second-order valence-corrected chi connectivity index (χ2v) is 9.29. The lowest BCUT2D eigenvalue weighted by Gasteiger charge is -2.52. The van der Waals surface area contributed by atoms with E-state index in [2.05, 4.69) is 4.98 Å². The number of ether oxygens (including phenoxy) is 2. The lowest BCUT2D eigenvalue weighted by atomic mass is 9.87. The van der Waals surface area contributed by atoms with Gasteiger partial charge in [0.1, 0.15) is 0 Å². The SMILES string of the molecule is CCCS(=O)(=O)N1CCC(N2C(=O)[C@H](OCCOC)[C@@H]2c2ccncc2)CC1. The highest BCUT2D eigenvalue weighted by Gasteiger charge is 2.52. The highest BCUT2D eigenvalue weighted by molar-refractivity contribution is 7.89. The van der Waals surface area contributed by atoms with Crippen LogP contribution < -0.4 is 0 Å². The molecule has 1 aromatic heterocycles. The van der Waals surface area contributed by atoms with E-state index in [9.17, 15) is 13.2 Å². The number of carbonyl (C=O) groups excluding carboxylic acids is 1. The van der Waals surface area contributed by atoms with E-state index >= 15 is 0 Å². The van der Waals surface area contributed by atoms with Gasteiger partial charge < -0.3 is 14.4 Å². The van der Waals surface area contributed by atoms with Crippen LogP contribution in [0.3, 0.4) is 0 Å². The van der Waals surface area contributed by atoms with Crippen LogP contribution in [0.25, 0.3) is 0 Å². The van der Waals surface area contributed by atoms with Crippen molar-refractivity contribution in [1.82, 2.24) is 14.2 Å². The van der Waals surface area contributed by atoms with Gasteiger partial charge in [-0.2, -0.15) is 0 Å². The molecule has 2 saturated heterocycles. The number of amides is 1. The van der Waals surface area contributed by atoms with Gasteiger partial charge in [-0.25, -0.2) is 12.7 Å². The van der Waals surface area contributed by atoms with Gasteiger partial charge in [-0.05, 0) is 37.0 Å². The van der Waals surface area contributed by atoms with Crippen LogP contribution in [0.4, 0.5) is 0 Å². The van der Waals surface area contributed by atoms with E-state index in [1.165, 1.54) is 0 Å². The van der Waals surface area contributed by atoms with Crippen molar-refractivity contribution in [2.75, 3.05) is 39.2 Å². The summed E-state index contributed by atoms with van der Waals surface area (Å²) in [5.74, 6) is 0.141. The number of hydrogen-bond acceptors (Lipinski definition) is 6. The van der Waals surface area contributed by atoms with Gasteiger partial charge in [0.2, 0.25) is 10.0 Å². The maximum Gasteiger partial charge on any atom is 0.255 e. The summed E-state index contributed by atoms with van der Waals surface area (Å²) in [6, 6.07) is 3.65. The van der Waals surface area contributed by atoms with E-state index in [-0.39, 0.29) is 23.7 Å². The van der Waals surface area contributed by atoms with E-state index in [0.29, 0.717) is 45.6 Å². The summed E-state index contributed by atoms with van der Waals surface area (Å²) in [5, 5.41) is 0. The molecule has 0 unspecified atom stereocenters. The predicted octanol–water partition coefficient (Wildman–Crippen LogP) is 1.20. The zero-order chi connectivity index (χ0) is 20.1. The Balaban J connectivity index is 1.69. The number of β-lactam (4-membered cyclic amide) rings is 1. The van der Waals surface area contributed by atoms with Crippen molar-refractivity contribution in [2.45, 2.75) is 44.4 Å². The average molecular weight is 412 g/mol. The van der Waals surface area contributed by atoms with Crippen LogP contribution in [0.5, 0.6) is 0 Å². The predicted molar refractivity (Wildman–Crippen MR) is 104 cm³/mol. The van der Waals surface area contributed by atoms with Gasteiger partial charge in [0.05, 0.1) is 25.0 Å². The highest BCUT2D eigenvalue weighted by atomic mass is 32.2. The number of pyridine rings is 1. The number of rotatable bonds is 9. The number of aromatic nitrogens is 1. The van der Waals surface area contributed by atoms with Crippen molar-refractivity contribution in [3.05, 3.63) is 30.1 Å². The molecule has 2 atom stereocenters. The quantitative estimate of drug-likeness (QED) is 0.448. The summed E-state index contributed by atoms with van der Waals surface area (Å²) in [6.07, 6.45) is 4.78. The Morgan fingerprint density at radius 2 is 1.86 bits per heavy atom. The van der Waals surface area contributed by atoms with E-state index in [1.807, 2.05) is 24.0 Å². The Bertz CT molecular complexity index is 750. The molecule has 1 aromatic rings. The van der Waals surface area contributed by atoms with Crippen molar-refractivity contribution in [2.24, 2.45) is 0 Å². The molecule has 2 fully saturated rings. The topological polar surface area (TPSA) is 89.0 Å². The third-order valence-corrected chi connectivity index (χ3v) is 7.47. The monoisotopic (exact) mass is 411 g/mol. The molecule has 28 heavy (non-hydrogen) atoms. The Morgan fingerprint density at radius 3 is 2.46 bits per heavy atom. The largest absolute Gasteiger partial charge is 0.382 e. The van der Waals surface area contributed by atoms with Gasteiger partial charge in [-0.3, -0.25) is 9.78 Å². The minimum absolute atomic E-state index is 0.0148. The number of nitrogens with zero attached hydrogens (tertiary/aromatic N) is 3. The Hall–Kier alpha value is -1.55. The summed E-state index contributed by atoms with van der Waals surface area (Å²) in [5.41, 5.74) is 0.984. The van der Waals surface area contributed by atoms with Gasteiger partial charge in [0.15, 0.2) is 6.10 Å². The first-order chi connectivity index (χ1) is 13.5. The molecule has 2 aliphatic heterocycles. The maximum absolute atomic E-state index is 12.8. The molecule has 0 aromatic carbocycles. The summed E-state index contributed by atoms with van der Waals surface area (Å²) in [6.45, 7) is 3.56. The van der Waals surface area contributed by atoms with Gasteiger partial charge in [0.25, 0.3) is 5.91 Å². The molecule has 0 aliphatic carbocycles. The number of sulfonamides is 1. The van der Waals surface area contributed by atoms with Crippen LogP contribution >= 0.6 is 0 Å². The minimum atomic E-state index is -3.19. The molecular weight excluding hydrogens is 382 g/mol. The third kappa shape index (κ3) is 4.37. The van der Waals surface area contributed by atoms with E-state index in [0.717, 1.165) is 5.56 Å². The molecule has 9 heteroatoms. The van der Waals surface area contributed by atoms with Crippen LogP contribution in [-0.4, -0.2) is 79.8 Å². The summed E-state index contributed by atoms with van der Waals surface area (Å²) in [7, 11) is -1.60. The van der Waals surface area contributed by atoms with E-state index in [1.54, 1.807) is 23.8 Å². The van der Waals surface area contributed by atoms with Crippen molar-refractivity contribution in [3.63, 3.8) is 0 Å². The number of likely N-dealkylation sites (tertiary alicyclic amines) is 1. The standard InChI is InChI=1S/C19H29N3O5S/c1-3-14-28(24,25)21-10-6-16(7-11-21)22-17(15-4-8-20-9-5-15)18(19(22)23)27-13-12-26-2/h4-5,8-9,16-18H,3,6-7,10-14H2,1-2H3/t17-,18+/m0/s1. The first-order valence-corrected chi connectivity index (χ1v) is 11.4. The number of methoxy groups -OCH3 is 1. The smallest absolute Gasteiger partial charge is 0.255 e. The number of hydrogen-bond donors (Lipinski definition) is 0. The van der Waals surface area contributed by atoms with E-state index in [4.69, 9.17) is 9.47 Å². The highest BCUT2D eigenvalue weighted by Crippen LogP contribution is 2.41. The fourth-order valence-corrected chi connectivity index (χ4v) is 5.53. The van der Waals surface area contributed by atoms with Gasteiger partial charge >= 0.3 is 0 Å². The Kier molecular flexibility index (Phi) is 7.03. The van der Waals surface area contributed by atoms with Crippen molar-refractivity contribution in [1.29, 1.82) is 0 Å². The fraction of sp³-hybridized carbons (Fsp3) is 0.684.